The first-order valence-electron chi connectivity index (χ1n) is 10.8. The molecule has 1 amide bonds. The number of hydrogen-bond acceptors (Lipinski definition) is 3. The molecule has 1 atom stereocenters. The predicted octanol–water partition coefficient (Wildman–Crippen LogP) is 4.88. The summed E-state index contributed by atoms with van der Waals surface area (Å²) in [7, 11) is 1.50. The molecule has 2 aromatic rings. The van der Waals surface area contributed by atoms with E-state index < -0.39 is 5.97 Å². The van der Waals surface area contributed by atoms with Gasteiger partial charge in [-0.2, -0.15) is 0 Å². The van der Waals surface area contributed by atoms with Gasteiger partial charge in [0.05, 0.1) is 5.56 Å². The number of nitrogens with two attached hydrogens (primary N) is 1. The highest BCUT2D eigenvalue weighted by molar-refractivity contribution is 5.94. The molecule has 3 N–H and O–H groups in total. The number of fused-ring (bicyclic) bond motifs is 1. The van der Waals surface area contributed by atoms with E-state index in [9.17, 15) is 9.59 Å². The largest absolute Gasteiger partial charge is 0.478 e. The molecule has 5 nitrogen and oxygen atoms in total. The summed E-state index contributed by atoms with van der Waals surface area (Å²) in [4.78, 5) is 24.7. The van der Waals surface area contributed by atoms with Crippen LogP contribution in [0.25, 0.3) is 11.1 Å². The first kappa shape index (κ1) is 24.2. The number of carbonyl (C=O) groups excluding carboxylic acids is 1. The Morgan fingerprint density at radius 3 is 2.06 bits per heavy atom. The minimum atomic E-state index is -0.923. The fourth-order valence-corrected chi connectivity index (χ4v) is 3.82. The number of nitrogens with zero attached hydrogens (tertiary/aromatic N) is 1. The van der Waals surface area contributed by atoms with Crippen molar-refractivity contribution in [3.63, 3.8) is 0 Å². The third kappa shape index (κ3) is 6.44. The van der Waals surface area contributed by atoms with Crippen LogP contribution in [0, 0.1) is 11.8 Å². The fourth-order valence-electron chi connectivity index (χ4n) is 3.82. The van der Waals surface area contributed by atoms with Crippen LogP contribution in [0.5, 0.6) is 0 Å². The van der Waals surface area contributed by atoms with Gasteiger partial charge in [0.2, 0.25) is 5.91 Å². The average Bonchev–Trinajstić information content (AvgIpc) is 2.81. The van der Waals surface area contributed by atoms with Crippen LogP contribution in [-0.2, 0) is 11.2 Å². The van der Waals surface area contributed by atoms with Gasteiger partial charge in [-0.1, -0.05) is 18.2 Å². The summed E-state index contributed by atoms with van der Waals surface area (Å²) in [5, 5.41) is 8.97. The second kappa shape index (κ2) is 11.9. The van der Waals surface area contributed by atoms with Crippen LogP contribution in [0.4, 0.5) is 5.69 Å². The number of aryl methyl sites for hydroxylation is 1. The second-order valence-corrected chi connectivity index (χ2v) is 7.56. The number of anilines is 1. The lowest BCUT2D eigenvalue weighted by Gasteiger charge is -2.34. The predicted molar refractivity (Wildman–Crippen MR) is 126 cm³/mol. The molecule has 1 aliphatic heterocycles. The third-order valence-electron chi connectivity index (χ3n) is 5.39. The summed E-state index contributed by atoms with van der Waals surface area (Å²) in [6, 6.07) is 13.2. The fraction of sp³-hybridized carbons (Fsp3) is 0.385. The van der Waals surface area contributed by atoms with Crippen molar-refractivity contribution in [1.82, 2.24) is 0 Å². The Kier molecular flexibility index (Phi) is 9.30. The van der Waals surface area contributed by atoms with Gasteiger partial charge >= 0.3 is 5.97 Å². The first-order chi connectivity index (χ1) is 15.0. The summed E-state index contributed by atoms with van der Waals surface area (Å²) in [6.45, 7) is 3.67. The Labute approximate surface area is 185 Å². The molecule has 0 spiro atoms. The Hall–Kier alpha value is -3.10. The molecule has 1 heterocycles. The molecule has 0 aromatic heterocycles. The van der Waals surface area contributed by atoms with Gasteiger partial charge in [0.15, 0.2) is 0 Å². The van der Waals surface area contributed by atoms with E-state index in [2.05, 4.69) is 30.6 Å². The van der Waals surface area contributed by atoms with Crippen molar-refractivity contribution in [2.75, 3.05) is 11.9 Å². The highest BCUT2D eigenvalue weighted by atomic mass is 16.4. The number of benzene rings is 2. The van der Waals surface area contributed by atoms with Crippen molar-refractivity contribution in [3.05, 3.63) is 53.6 Å². The van der Waals surface area contributed by atoms with Crippen molar-refractivity contribution >= 4 is 17.6 Å². The van der Waals surface area contributed by atoms with Crippen LogP contribution < -0.4 is 10.6 Å². The molecule has 31 heavy (non-hydrogen) atoms. The maximum Gasteiger partial charge on any atom is 0.335 e. The molecule has 164 valence electrons. The molecule has 2 aromatic carbocycles. The molecule has 0 saturated heterocycles. The number of carboxylic acid groups (broad SMARTS) is 1. The maximum atomic E-state index is 11.9. The van der Waals surface area contributed by atoms with Crippen molar-refractivity contribution in [1.29, 1.82) is 0 Å². The van der Waals surface area contributed by atoms with Gasteiger partial charge < -0.3 is 15.7 Å². The molecule has 1 aliphatic carbocycles. The number of aromatic carboxylic acids is 1. The molecule has 0 saturated carbocycles. The standard InChI is InChI=1S/C19H19NO3.C6H8.CH5N/c1-12-3-4-17-11-16(9-10-18(17)20(12)13(2)21)14-5-7-15(8-6-14)19(22)23;1-2-4-6-5-3-1;1-2/h5-12H,3-4H2,1-2H3,(H,22,23);1-4H2;2H2,1H3/t12-;;/m0../s1. The van der Waals surface area contributed by atoms with Crippen molar-refractivity contribution in [2.45, 2.75) is 58.4 Å². The van der Waals surface area contributed by atoms with Gasteiger partial charge in [-0.25, -0.2) is 4.79 Å². The summed E-state index contributed by atoms with van der Waals surface area (Å²) in [5.74, 6) is 5.21. The summed E-state index contributed by atoms with van der Waals surface area (Å²) in [5.41, 5.74) is 8.95. The Balaban J connectivity index is 0.000000363. The van der Waals surface area contributed by atoms with Crippen LogP contribution in [0.1, 0.15) is 61.9 Å². The topological polar surface area (TPSA) is 83.6 Å². The van der Waals surface area contributed by atoms with Crippen molar-refractivity contribution < 1.29 is 14.7 Å². The summed E-state index contributed by atoms with van der Waals surface area (Å²) >= 11 is 0. The van der Waals surface area contributed by atoms with E-state index in [1.165, 1.54) is 19.9 Å². The van der Waals surface area contributed by atoms with Crippen LogP contribution in [-0.4, -0.2) is 30.1 Å². The van der Waals surface area contributed by atoms with Crippen LogP contribution >= 0.6 is 0 Å². The first-order valence-corrected chi connectivity index (χ1v) is 10.8. The lowest BCUT2D eigenvalue weighted by atomic mass is 9.93. The number of carbonyl (C=O) groups is 2. The Morgan fingerprint density at radius 2 is 1.58 bits per heavy atom. The lowest BCUT2D eigenvalue weighted by Crippen LogP contribution is -2.40. The van der Waals surface area contributed by atoms with Crippen LogP contribution in [0.2, 0.25) is 0 Å². The van der Waals surface area contributed by atoms with E-state index in [4.69, 9.17) is 5.11 Å². The Morgan fingerprint density at radius 1 is 1.00 bits per heavy atom. The number of hydrogen-bond donors (Lipinski definition) is 2. The third-order valence-corrected chi connectivity index (χ3v) is 5.39. The van der Waals surface area contributed by atoms with E-state index in [-0.39, 0.29) is 17.5 Å². The normalized spacial score (nSPS) is 16.3. The monoisotopic (exact) mass is 420 g/mol. The smallest absolute Gasteiger partial charge is 0.335 e. The van der Waals surface area contributed by atoms with E-state index in [0.29, 0.717) is 0 Å². The molecular weight excluding hydrogens is 388 g/mol. The zero-order valence-corrected chi connectivity index (χ0v) is 18.6. The number of amides is 1. The summed E-state index contributed by atoms with van der Waals surface area (Å²) < 4.78 is 0. The van der Waals surface area contributed by atoms with Crippen LogP contribution in [0.15, 0.2) is 42.5 Å². The molecule has 0 fully saturated rings. The zero-order valence-electron chi connectivity index (χ0n) is 18.6. The zero-order chi connectivity index (χ0) is 22.8. The van der Waals surface area contributed by atoms with E-state index >= 15 is 0 Å². The van der Waals surface area contributed by atoms with Gasteiger partial charge in [-0.05, 0) is 80.6 Å². The van der Waals surface area contributed by atoms with E-state index in [1.54, 1.807) is 19.1 Å². The quantitative estimate of drug-likeness (QED) is 0.679. The van der Waals surface area contributed by atoms with E-state index in [1.807, 2.05) is 29.2 Å². The minimum absolute atomic E-state index is 0.0667. The van der Waals surface area contributed by atoms with Crippen molar-refractivity contribution in [2.24, 2.45) is 5.73 Å². The highest BCUT2D eigenvalue weighted by Crippen LogP contribution is 2.34. The minimum Gasteiger partial charge on any atom is -0.478 e. The van der Waals surface area contributed by atoms with Gasteiger partial charge in [-0.15, -0.1) is 11.8 Å². The molecule has 0 unspecified atom stereocenters. The van der Waals surface area contributed by atoms with Crippen LogP contribution in [0.3, 0.4) is 0 Å². The van der Waals surface area contributed by atoms with Gasteiger partial charge in [0.25, 0.3) is 0 Å². The SMILES string of the molecule is C1#CCCCC1.CC(=O)N1c2ccc(-c3ccc(C(=O)O)cc3)cc2CC[C@@H]1C.CN. The maximum absolute atomic E-state index is 11.9. The van der Waals surface area contributed by atoms with Gasteiger partial charge in [0.1, 0.15) is 0 Å². The molecule has 0 bridgehead atoms. The molecule has 4 rings (SSSR count). The lowest BCUT2D eigenvalue weighted by molar-refractivity contribution is -0.117. The number of carboxylic acids is 1. The molecule has 5 heteroatoms. The highest BCUT2D eigenvalue weighted by Gasteiger charge is 2.26. The molecule has 0 radical (unpaired) electrons. The van der Waals surface area contributed by atoms with Crippen molar-refractivity contribution in [3.8, 4) is 23.0 Å². The second-order valence-electron chi connectivity index (χ2n) is 7.56. The summed E-state index contributed by atoms with van der Waals surface area (Å²) in [6.07, 6.45) is 6.83. The Bertz CT molecular complexity index is 945. The average molecular weight is 421 g/mol. The van der Waals surface area contributed by atoms with Gasteiger partial charge in [0, 0.05) is 31.5 Å². The number of rotatable bonds is 2. The molecule has 2 aliphatic rings. The van der Waals surface area contributed by atoms with Gasteiger partial charge in [-0.3, -0.25) is 4.79 Å². The molecular formula is C26H32N2O3. The van der Waals surface area contributed by atoms with E-state index in [0.717, 1.165) is 48.1 Å².